The Bertz CT molecular complexity index is 580. The fourth-order valence-corrected chi connectivity index (χ4v) is 2.74. The van der Waals surface area contributed by atoms with Gasteiger partial charge < -0.3 is 5.32 Å². The van der Waals surface area contributed by atoms with E-state index in [2.05, 4.69) is 24.4 Å². The molecule has 0 aliphatic heterocycles. The van der Waals surface area contributed by atoms with Crippen molar-refractivity contribution in [2.45, 2.75) is 32.1 Å². The SMILES string of the molecule is CCCCNC(=S)C(Cc1ccccc1)c1ccc(F)cc1. The molecule has 0 fully saturated rings. The maximum absolute atomic E-state index is 13.2. The van der Waals surface area contributed by atoms with Crippen molar-refractivity contribution < 1.29 is 4.39 Å². The third-order valence-corrected chi connectivity index (χ3v) is 4.13. The van der Waals surface area contributed by atoms with Crippen LogP contribution in [0, 0.1) is 5.82 Å². The van der Waals surface area contributed by atoms with Crippen LogP contribution in [0.1, 0.15) is 36.8 Å². The topological polar surface area (TPSA) is 12.0 Å². The van der Waals surface area contributed by atoms with Crippen molar-refractivity contribution in [1.82, 2.24) is 5.32 Å². The molecule has 0 aliphatic carbocycles. The fraction of sp³-hybridized carbons (Fsp3) is 0.316. The van der Waals surface area contributed by atoms with Crippen LogP contribution in [0.3, 0.4) is 0 Å². The third-order valence-electron chi connectivity index (χ3n) is 3.70. The molecule has 0 aromatic heterocycles. The third kappa shape index (κ3) is 4.92. The number of hydrogen-bond donors (Lipinski definition) is 1. The summed E-state index contributed by atoms with van der Waals surface area (Å²) in [5, 5.41) is 3.35. The lowest BCUT2D eigenvalue weighted by molar-refractivity contribution is 0.626. The van der Waals surface area contributed by atoms with Gasteiger partial charge in [0, 0.05) is 12.5 Å². The Kier molecular flexibility index (Phi) is 6.53. The van der Waals surface area contributed by atoms with Crippen molar-refractivity contribution in [3.63, 3.8) is 0 Å². The molecule has 3 heteroatoms. The van der Waals surface area contributed by atoms with Crippen LogP contribution in [0.5, 0.6) is 0 Å². The van der Waals surface area contributed by atoms with Crippen molar-refractivity contribution in [2.75, 3.05) is 6.54 Å². The van der Waals surface area contributed by atoms with E-state index in [1.807, 2.05) is 30.3 Å². The van der Waals surface area contributed by atoms with Crippen LogP contribution in [-0.2, 0) is 6.42 Å². The van der Waals surface area contributed by atoms with Gasteiger partial charge in [0.2, 0.25) is 0 Å². The number of rotatable bonds is 7. The standard InChI is InChI=1S/C19H22FNS/c1-2-3-13-21-19(22)18(14-15-7-5-4-6-8-15)16-9-11-17(20)12-10-16/h4-12,18H,2-3,13-14H2,1H3,(H,21,22). The van der Waals surface area contributed by atoms with Crippen molar-refractivity contribution in [3.05, 3.63) is 71.5 Å². The molecule has 0 bridgehead atoms. The zero-order valence-electron chi connectivity index (χ0n) is 12.9. The molecule has 0 aliphatic rings. The highest BCUT2D eigenvalue weighted by molar-refractivity contribution is 7.80. The Hall–Kier alpha value is -1.74. The molecule has 0 saturated heterocycles. The molecule has 116 valence electrons. The largest absolute Gasteiger partial charge is 0.379 e. The zero-order chi connectivity index (χ0) is 15.8. The van der Waals surface area contributed by atoms with Crippen LogP contribution in [-0.4, -0.2) is 11.5 Å². The zero-order valence-corrected chi connectivity index (χ0v) is 13.7. The van der Waals surface area contributed by atoms with E-state index in [-0.39, 0.29) is 11.7 Å². The van der Waals surface area contributed by atoms with E-state index >= 15 is 0 Å². The summed E-state index contributed by atoms with van der Waals surface area (Å²) >= 11 is 5.60. The van der Waals surface area contributed by atoms with Gasteiger partial charge in [0.15, 0.2) is 0 Å². The summed E-state index contributed by atoms with van der Waals surface area (Å²) in [5.74, 6) is -0.137. The van der Waals surface area contributed by atoms with Gasteiger partial charge >= 0.3 is 0 Å². The molecule has 1 nitrogen and oxygen atoms in total. The molecular formula is C19H22FNS. The highest BCUT2D eigenvalue weighted by Gasteiger charge is 2.17. The monoisotopic (exact) mass is 315 g/mol. The van der Waals surface area contributed by atoms with Gasteiger partial charge in [-0.15, -0.1) is 0 Å². The lowest BCUT2D eigenvalue weighted by Gasteiger charge is -2.20. The van der Waals surface area contributed by atoms with Gasteiger partial charge in [0.05, 0.1) is 4.99 Å². The molecular weight excluding hydrogens is 293 g/mol. The van der Waals surface area contributed by atoms with Crippen LogP contribution in [0.2, 0.25) is 0 Å². The van der Waals surface area contributed by atoms with Gasteiger partial charge in [0.1, 0.15) is 5.82 Å². The molecule has 0 amide bonds. The molecule has 0 saturated carbocycles. The van der Waals surface area contributed by atoms with Crippen LogP contribution >= 0.6 is 12.2 Å². The molecule has 2 rings (SSSR count). The summed E-state index contributed by atoms with van der Waals surface area (Å²) in [6.07, 6.45) is 3.06. The van der Waals surface area contributed by atoms with E-state index in [0.717, 1.165) is 36.4 Å². The molecule has 2 aromatic rings. The van der Waals surface area contributed by atoms with Crippen molar-refractivity contribution >= 4 is 17.2 Å². The minimum Gasteiger partial charge on any atom is -0.379 e. The van der Waals surface area contributed by atoms with E-state index in [1.165, 1.54) is 17.7 Å². The van der Waals surface area contributed by atoms with Gasteiger partial charge in [-0.25, -0.2) is 4.39 Å². The first kappa shape index (κ1) is 16.6. The van der Waals surface area contributed by atoms with Gasteiger partial charge in [-0.3, -0.25) is 0 Å². The number of halogens is 1. The Morgan fingerprint density at radius 1 is 1.09 bits per heavy atom. The Morgan fingerprint density at radius 3 is 2.41 bits per heavy atom. The van der Waals surface area contributed by atoms with Gasteiger partial charge in [-0.1, -0.05) is 68.0 Å². The molecule has 1 N–H and O–H groups in total. The van der Waals surface area contributed by atoms with Crippen LogP contribution in [0.25, 0.3) is 0 Å². The number of hydrogen-bond acceptors (Lipinski definition) is 1. The molecule has 1 atom stereocenters. The van der Waals surface area contributed by atoms with E-state index in [0.29, 0.717) is 0 Å². The fourth-order valence-electron chi connectivity index (χ4n) is 2.42. The van der Waals surface area contributed by atoms with Gasteiger partial charge in [0.25, 0.3) is 0 Å². The molecule has 0 radical (unpaired) electrons. The van der Waals surface area contributed by atoms with Gasteiger partial charge in [-0.05, 0) is 36.1 Å². The summed E-state index contributed by atoms with van der Waals surface area (Å²) in [6, 6.07) is 16.9. The summed E-state index contributed by atoms with van der Waals surface area (Å²) in [7, 11) is 0. The first-order valence-corrected chi connectivity index (χ1v) is 8.18. The van der Waals surface area contributed by atoms with Crippen molar-refractivity contribution in [3.8, 4) is 0 Å². The summed E-state index contributed by atoms with van der Waals surface area (Å²) in [5.41, 5.74) is 2.29. The van der Waals surface area contributed by atoms with Crippen LogP contribution in [0.15, 0.2) is 54.6 Å². The smallest absolute Gasteiger partial charge is 0.123 e. The van der Waals surface area contributed by atoms with E-state index in [1.54, 1.807) is 0 Å². The quantitative estimate of drug-likeness (QED) is 0.578. The maximum atomic E-state index is 13.2. The molecule has 1 unspecified atom stereocenters. The first-order valence-electron chi connectivity index (χ1n) is 7.77. The average molecular weight is 315 g/mol. The average Bonchev–Trinajstić information content (AvgIpc) is 2.55. The lowest BCUT2D eigenvalue weighted by atomic mass is 9.91. The van der Waals surface area contributed by atoms with Crippen molar-refractivity contribution in [1.29, 1.82) is 0 Å². The summed E-state index contributed by atoms with van der Waals surface area (Å²) in [6.45, 7) is 3.05. The molecule has 0 spiro atoms. The number of thiocarbonyl (C=S) groups is 1. The van der Waals surface area contributed by atoms with Crippen LogP contribution in [0.4, 0.5) is 4.39 Å². The Balaban J connectivity index is 2.16. The Morgan fingerprint density at radius 2 is 1.77 bits per heavy atom. The van der Waals surface area contributed by atoms with Crippen LogP contribution < -0.4 is 5.32 Å². The minimum atomic E-state index is -0.216. The number of unbranched alkanes of at least 4 members (excludes halogenated alkanes) is 1. The number of nitrogens with one attached hydrogen (secondary N) is 1. The molecule has 22 heavy (non-hydrogen) atoms. The predicted molar refractivity (Wildman–Crippen MR) is 94.8 cm³/mol. The second-order valence-corrected chi connectivity index (χ2v) is 5.88. The molecule has 0 heterocycles. The Labute approximate surface area is 137 Å². The van der Waals surface area contributed by atoms with Crippen molar-refractivity contribution in [2.24, 2.45) is 0 Å². The summed E-state index contributed by atoms with van der Waals surface area (Å²) in [4.78, 5) is 0.837. The second kappa shape index (κ2) is 8.64. The van der Waals surface area contributed by atoms with E-state index < -0.39 is 0 Å². The normalized spacial score (nSPS) is 11.9. The first-order chi connectivity index (χ1) is 10.7. The van der Waals surface area contributed by atoms with E-state index in [4.69, 9.17) is 12.2 Å². The van der Waals surface area contributed by atoms with Gasteiger partial charge in [-0.2, -0.15) is 0 Å². The lowest BCUT2D eigenvalue weighted by Crippen LogP contribution is -2.29. The highest BCUT2D eigenvalue weighted by atomic mass is 32.1. The minimum absolute atomic E-state index is 0.0786. The van der Waals surface area contributed by atoms with E-state index in [9.17, 15) is 4.39 Å². The molecule has 2 aromatic carbocycles. The maximum Gasteiger partial charge on any atom is 0.123 e. The second-order valence-electron chi connectivity index (χ2n) is 5.44. The summed E-state index contributed by atoms with van der Waals surface area (Å²) < 4.78 is 13.2. The number of benzene rings is 2. The predicted octanol–water partition coefficient (Wildman–Crippen LogP) is 4.87. The highest BCUT2D eigenvalue weighted by Crippen LogP contribution is 2.22.